The van der Waals surface area contributed by atoms with E-state index in [1.165, 1.54) is 11.3 Å². The third-order valence-electron chi connectivity index (χ3n) is 6.62. The van der Waals surface area contributed by atoms with E-state index in [4.69, 9.17) is 4.98 Å². The van der Waals surface area contributed by atoms with Crippen LogP contribution in [0.5, 0.6) is 0 Å². The molecule has 41 heavy (non-hydrogen) atoms. The Hall–Kier alpha value is -5.55. The zero-order valence-electron chi connectivity index (χ0n) is 21.5. The van der Waals surface area contributed by atoms with E-state index >= 15 is 0 Å². The number of imidazole rings is 1. The SMILES string of the molecule is CC(=O)c1ccc(-c2cncc3[nH]c(-c4n[nH]c5ncc(-c6cncc(NC(=O)c7ccccc7)c6)cc45)nc23)s1. The summed E-state index contributed by atoms with van der Waals surface area (Å²) in [6, 6.07) is 16.6. The maximum absolute atomic E-state index is 12.6. The molecule has 0 saturated heterocycles. The van der Waals surface area contributed by atoms with Crippen LogP contribution >= 0.6 is 11.3 Å². The Morgan fingerprint density at radius 2 is 1.73 bits per heavy atom. The third kappa shape index (κ3) is 4.53. The quantitative estimate of drug-likeness (QED) is 0.209. The number of rotatable bonds is 6. The zero-order chi connectivity index (χ0) is 27.9. The first-order valence-electron chi connectivity index (χ1n) is 12.6. The molecule has 198 valence electrons. The van der Waals surface area contributed by atoms with Crippen molar-refractivity contribution in [1.82, 2.24) is 35.1 Å². The molecule has 6 aromatic heterocycles. The normalized spacial score (nSPS) is 11.2. The molecular formula is C30H20N8O2S. The lowest BCUT2D eigenvalue weighted by Gasteiger charge is -2.07. The number of carbonyl (C=O) groups is 2. The van der Waals surface area contributed by atoms with Crippen LogP contribution < -0.4 is 5.32 Å². The van der Waals surface area contributed by atoms with E-state index in [-0.39, 0.29) is 11.7 Å². The number of aromatic amines is 2. The predicted octanol–water partition coefficient (Wildman–Crippen LogP) is 6.14. The van der Waals surface area contributed by atoms with Crippen LogP contribution in [-0.2, 0) is 0 Å². The molecular weight excluding hydrogens is 536 g/mol. The van der Waals surface area contributed by atoms with E-state index in [0.717, 1.165) is 38.0 Å². The molecule has 11 heteroatoms. The highest BCUT2D eigenvalue weighted by molar-refractivity contribution is 7.17. The van der Waals surface area contributed by atoms with Gasteiger partial charge in [0.25, 0.3) is 5.91 Å². The van der Waals surface area contributed by atoms with Gasteiger partial charge >= 0.3 is 0 Å². The molecule has 7 rings (SSSR count). The number of nitrogens with zero attached hydrogens (tertiary/aromatic N) is 5. The number of aromatic nitrogens is 7. The minimum absolute atomic E-state index is 0.0229. The summed E-state index contributed by atoms with van der Waals surface area (Å²) in [6.45, 7) is 1.55. The number of hydrogen-bond acceptors (Lipinski definition) is 8. The average Bonchev–Trinajstić information content (AvgIpc) is 3.75. The van der Waals surface area contributed by atoms with Crippen molar-refractivity contribution in [3.05, 3.63) is 96.0 Å². The lowest BCUT2D eigenvalue weighted by Crippen LogP contribution is -2.11. The standard InChI is InChI=1S/C30H20N8O2S/c1-16(39)24-7-8-25(41-24)22-14-32-15-23-26(22)36-29(35-23)27-21-10-19(12-33-28(21)38-37-27)18-9-20(13-31-11-18)34-30(40)17-5-3-2-4-6-17/h2-15H,1H3,(H,34,40)(H,35,36)(H,33,37,38). The highest BCUT2D eigenvalue weighted by Crippen LogP contribution is 2.35. The zero-order valence-corrected chi connectivity index (χ0v) is 22.4. The molecule has 0 radical (unpaired) electrons. The second-order valence-electron chi connectivity index (χ2n) is 9.36. The molecule has 0 aliphatic rings. The van der Waals surface area contributed by atoms with Crippen molar-refractivity contribution in [1.29, 1.82) is 0 Å². The Labute approximate surface area is 236 Å². The molecule has 0 atom stereocenters. The first-order valence-corrected chi connectivity index (χ1v) is 13.5. The molecule has 6 heterocycles. The van der Waals surface area contributed by atoms with Gasteiger partial charge in [0.2, 0.25) is 0 Å². The Morgan fingerprint density at radius 3 is 2.56 bits per heavy atom. The molecule has 0 spiro atoms. The molecule has 0 fully saturated rings. The Bertz CT molecular complexity index is 2090. The number of amides is 1. The molecule has 0 bridgehead atoms. The van der Waals surface area contributed by atoms with Gasteiger partial charge in [0.15, 0.2) is 17.3 Å². The van der Waals surface area contributed by atoms with Gasteiger partial charge < -0.3 is 10.3 Å². The first kappa shape index (κ1) is 24.5. The van der Waals surface area contributed by atoms with Crippen LogP contribution in [0.25, 0.3) is 55.2 Å². The fourth-order valence-corrected chi connectivity index (χ4v) is 5.51. The lowest BCUT2D eigenvalue weighted by atomic mass is 10.1. The molecule has 10 nitrogen and oxygen atoms in total. The van der Waals surface area contributed by atoms with Crippen molar-refractivity contribution in [2.24, 2.45) is 0 Å². The second-order valence-corrected chi connectivity index (χ2v) is 10.4. The fraction of sp³-hybridized carbons (Fsp3) is 0.0333. The van der Waals surface area contributed by atoms with Crippen molar-refractivity contribution in [3.8, 4) is 33.1 Å². The van der Waals surface area contributed by atoms with Crippen LogP contribution in [0.1, 0.15) is 27.0 Å². The van der Waals surface area contributed by atoms with E-state index in [0.29, 0.717) is 33.3 Å². The number of H-pyrrole nitrogens is 2. The van der Waals surface area contributed by atoms with Crippen LogP contribution in [0.15, 0.2) is 85.6 Å². The van der Waals surface area contributed by atoms with Crippen molar-refractivity contribution in [3.63, 3.8) is 0 Å². The summed E-state index contributed by atoms with van der Waals surface area (Å²) in [5, 5.41) is 11.2. The van der Waals surface area contributed by atoms with Gasteiger partial charge in [-0.05, 0) is 43.3 Å². The van der Waals surface area contributed by atoms with Gasteiger partial charge in [0.1, 0.15) is 11.2 Å². The van der Waals surface area contributed by atoms with Crippen molar-refractivity contribution in [2.45, 2.75) is 6.92 Å². The van der Waals surface area contributed by atoms with E-state index in [9.17, 15) is 9.59 Å². The molecule has 0 aliphatic heterocycles. The summed E-state index contributed by atoms with van der Waals surface area (Å²) >= 11 is 1.41. The van der Waals surface area contributed by atoms with Gasteiger partial charge in [-0.25, -0.2) is 9.97 Å². The topological polar surface area (TPSA) is 142 Å². The van der Waals surface area contributed by atoms with Gasteiger partial charge in [-0.1, -0.05) is 18.2 Å². The number of fused-ring (bicyclic) bond motifs is 2. The number of benzene rings is 1. The minimum Gasteiger partial charge on any atom is -0.335 e. The number of hydrogen-bond donors (Lipinski definition) is 3. The Morgan fingerprint density at radius 1 is 0.902 bits per heavy atom. The summed E-state index contributed by atoms with van der Waals surface area (Å²) < 4.78 is 0. The third-order valence-corrected chi connectivity index (χ3v) is 7.84. The van der Waals surface area contributed by atoms with E-state index in [1.54, 1.807) is 50.0 Å². The molecule has 0 aliphatic carbocycles. The number of pyridine rings is 3. The first-order chi connectivity index (χ1) is 20.0. The number of anilines is 1. The van der Waals surface area contributed by atoms with Gasteiger partial charge in [0.05, 0.1) is 33.9 Å². The molecule has 1 amide bonds. The van der Waals surface area contributed by atoms with E-state index < -0.39 is 0 Å². The van der Waals surface area contributed by atoms with Crippen LogP contribution in [0.4, 0.5) is 5.69 Å². The van der Waals surface area contributed by atoms with Gasteiger partial charge in [-0.15, -0.1) is 11.3 Å². The number of ketones is 1. The smallest absolute Gasteiger partial charge is 0.255 e. The van der Waals surface area contributed by atoms with E-state index in [1.807, 2.05) is 42.5 Å². The molecule has 7 aromatic rings. The number of thiophene rings is 1. The van der Waals surface area contributed by atoms with Crippen LogP contribution in [-0.4, -0.2) is 46.8 Å². The summed E-state index contributed by atoms with van der Waals surface area (Å²) in [4.78, 5) is 47.5. The van der Waals surface area contributed by atoms with E-state index in [2.05, 4.69) is 35.5 Å². The molecule has 3 N–H and O–H groups in total. The number of Topliss-reactive ketones (excluding diaryl/α,β-unsaturated/α-hetero) is 1. The predicted molar refractivity (Wildman–Crippen MR) is 158 cm³/mol. The highest BCUT2D eigenvalue weighted by Gasteiger charge is 2.18. The maximum Gasteiger partial charge on any atom is 0.255 e. The molecule has 0 unspecified atom stereocenters. The Balaban J connectivity index is 1.24. The summed E-state index contributed by atoms with van der Waals surface area (Å²) in [7, 11) is 0. The summed E-state index contributed by atoms with van der Waals surface area (Å²) in [6.07, 6.45) is 8.52. The van der Waals surface area contributed by atoms with Gasteiger partial charge in [-0.3, -0.25) is 24.7 Å². The number of nitrogens with one attached hydrogen (secondary N) is 3. The Kier molecular flexibility index (Phi) is 5.90. The summed E-state index contributed by atoms with van der Waals surface area (Å²) in [5.41, 5.74) is 6.25. The van der Waals surface area contributed by atoms with Crippen molar-refractivity contribution >= 4 is 50.8 Å². The lowest BCUT2D eigenvalue weighted by molar-refractivity contribution is 0.101. The van der Waals surface area contributed by atoms with Gasteiger partial charge in [0, 0.05) is 45.7 Å². The van der Waals surface area contributed by atoms with Crippen molar-refractivity contribution in [2.75, 3.05) is 5.32 Å². The van der Waals surface area contributed by atoms with Crippen molar-refractivity contribution < 1.29 is 9.59 Å². The average molecular weight is 557 g/mol. The second kappa shape index (κ2) is 9.88. The van der Waals surface area contributed by atoms with Crippen LogP contribution in [0.3, 0.4) is 0 Å². The monoisotopic (exact) mass is 556 g/mol. The molecule has 0 saturated carbocycles. The fourth-order valence-electron chi connectivity index (χ4n) is 4.60. The number of carbonyl (C=O) groups excluding carboxylic acids is 2. The van der Waals surface area contributed by atoms with Crippen LogP contribution in [0.2, 0.25) is 0 Å². The maximum atomic E-state index is 12.6. The minimum atomic E-state index is -0.214. The summed E-state index contributed by atoms with van der Waals surface area (Å²) in [5.74, 6) is 0.369. The largest absolute Gasteiger partial charge is 0.335 e. The highest BCUT2D eigenvalue weighted by atomic mass is 32.1. The molecule has 1 aromatic carbocycles. The van der Waals surface area contributed by atoms with Crippen LogP contribution in [0, 0.1) is 0 Å². The van der Waals surface area contributed by atoms with Gasteiger partial charge in [-0.2, -0.15) is 5.10 Å².